The predicted octanol–water partition coefficient (Wildman–Crippen LogP) is 18.8. The Kier molecular flexibility index (Phi) is 61.1. The highest BCUT2D eigenvalue weighted by Gasteiger charge is 2.44. The summed E-state index contributed by atoms with van der Waals surface area (Å²) < 4.78 is 11.2. The molecule has 1 aliphatic rings. The zero-order valence-electron chi connectivity index (χ0n) is 56.4. The number of ether oxygens (including phenoxy) is 2. The molecule has 0 aromatic rings. The summed E-state index contributed by atoms with van der Waals surface area (Å²) in [6.45, 7) is 3.53. The van der Waals surface area contributed by atoms with Crippen molar-refractivity contribution in [1.82, 2.24) is 5.32 Å². The maximum absolute atomic E-state index is 13.3. The van der Waals surface area contributed by atoms with Crippen LogP contribution in [0.1, 0.15) is 399 Å². The van der Waals surface area contributed by atoms with Crippen molar-refractivity contribution in [1.29, 1.82) is 0 Å². The molecular weight excluding hydrogens is 1060 g/mol. The van der Waals surface area contributed by atoms with Crippen molar-refractivity contribution in [2.24, 2.45) is 0 Å². The molecule has 0 radical (unpaired) electrons. The molecule has 1 amide bonds. The van der Waals surface area contributed by atoms with Crippen LogP contribution in [0.2, 0.25) is 0 Å². The van der Waals surface area contributed by atoms with Gasteiger partial charge in [-0.25, -0.2) is 0 Å². The van der Waals surface area contributed by atoms with Crippen LogP contribution < -0.4 is 5.32 Å². The lowest BCUT2D eigenvalue weighted by atomic mass is 9.98. The molecule has 0 aromatic carbocycles. The van der Waals surface area contributed by atoms with Gasteiger partial charge < -0.3 is 50.5 Å². The largest absolute Gasteiger partial charge is 0.394 e. The van der Waals surface area contributed by atoms with E-state index in [0.29, 0.717) is 19.3 Å². The van der Waals surface area contributed by atoms with E-state index in [1.54, 1.807) is 0 Å². The van der Waals surface area contributed by atoms with Gasteiger partial charge in [-0.15, -0.1) is 0 Å². The Morgan fingerprint density at radius 2 is 0.612 bits per heavy atom. The molecule has 1 rings (SSSR count). The summed E-state index contributed by atoms with van der Waals surface area (Å²) in [5, 5.41) is 76.6. The van der Waals surface area contributed by atoms with Crippen LogP contribution in [0, 0.1) is 0 Å². The molecule has 1 saturated heterocycles. The van der Waals surface area contributed by atoms with Gasteiger partial charge in [-0.3, -0.25) is 4.79 Å². The third-order valence-corrected chi connectivity index (χ3v) is 18.9. The summed E-state index contributed by atoms with van der Waals surface area (Å²) in [5.41, 5.74) is 0. The number of nitrogens with one attached hydrogen (secondary N) is 1. The molecule has 0 aromatic heterocycles. The highest BCUT2D eigenvalue weighted by Crippen LogP contribution is 2.24. The van der Waals surface area contributed by atoms with Crippen molar-refractivity contribution >= 4 is 5.91 Å². The van der Waals surface area contributed by atoms with E-state index in [0.717, 1.165) is 38.5 Å². The van der Waals surface area contributed by atoms with Crippen molar-refractivity contribution in [3.8, 4) is 0 Å². The van der Waals surface area contributed by atoms with E-state index in [9.17, 15) is 40.5 Å². The quantitative estimate of drug-likeness (QED) is 0.0272. The second kappa shape index (κ2) is 63.3. The lowest BCUT2D eigenvalue weighted by molar-refractivity contribution is -0.303. The van der Waals surface area contributed by atoms with Gasteiger partial charge in [-0.1, -0.05) is 386 Å². The number of carbonyl (C=O) groups excluding carboxylic acids is 1. The number of carbonyl (C=O) groups is 1. The van der Waals surface area contributed by atoms with Crippen molar-refractivity contribution in [3.05, 3.63) is 0 Å². The van der Waals surface area contributed by atoms with Gasteiger partial charge in [0.15, 0.2) is 6.29 Å². The minimum Gasteiger partial charge on any atom is -0.394 e. The Hall–Kier alpha value is -0.890. The standard InChI is InChI=1S/C74H147NO10/c1-3-5-7-9-11-13-15-17-19-21-23-25-27-28-29-30-31-32-33-34-35-36-37-38-39-40-42-44-46-48-50-52-54-56-58-60-62-67(78)73(83)75-65(64-84-74-72(82)71(81)70(80)68(63-76)85-74)69(79)66(77)61-59-57-55-53-51-49-47-45-43-41-26-24-22-20-18-16-14-12-10-8-6-4-2/h65-72,74,76-82H,3-64H2,1-2H3,(H,75,83). The highest BCUT2D eigenvalue weighted by molar-refractivity contribution is 5.80. The molecule has 0 spiro atoms. The van der Waals surface area contributed by atoms with Gasteiger partial charge in [0.05, 0.1) is 25.4 Å². The molecule has 85 heavy (non-hydrogen) atoms. The topological polar surface area (TPSA) is 189 Å². The Balaban J connectivity index is 2.11. The van der Waals surface area contributed by atoms with Gasteiger partial charge in [0, 0.05) is 0 Å². The summed E-state index contributed by atoms with van der Waals surface area (Å²) >= 11 is 0. The Bertz CT molecular complexity index is 1340. The maximum Gasteiger partial charge on any atom is 0.249 e. The Morgan fingerprint density at radius 3 is 0.871 bits per heavy atom. The fraction of sp³-hybridized carbons (Fsp3) is 0.986. The Morgan fingerprint density at radius 1 is 0.365 bits per heavy atom. The van der Waals surface area contributed by atoms with Gasteiger partial charge in [0.2, 0.25) is 5.91 Å². The van der Waals surface area contributed by atoms with Crippen molar-refractivity contribution in [2.45, 2.75) is 454 Å². The van der Waals surface area contributed by atoms with Crippen molar-refractivity contribution in [3.63, 3.8) is 0 Å². The normalized spacial score (nSPS) is 18.7. The molecule has 0 aliphatic carbocycles. The van der Waals surface area contributed by atoms with E-state index >= 15 is 0 Å². The van der Waals surface area contributed by atoms with Gasteiger partial charge >= 0.3 is 0 Å². The van der Waals surface area contributed by atoms with Crippen molar-refractivity contribution < 1.29 is 50.0 Å². The SMILES string of the molecule is CCCCCCCCCCCCCCCCCCCCCCCCCCCCCCCCCCCCCCC(O)C(=O)NC(COC1OC(CO)C(O)C(O)C1O)C(O)C(O)CCCCCCCCCCCCCCCCCCCCCCCC. The van der Waals surface area contributed by atoms with Crippen molar-refractivity contribution in [2.75, 3.05) is 13.2 Å². The zero-order chi connectivity index (χ0) is 61.7. The first-order valence-corrected chi connectivity index (χ1v) is 37.9. The molecule has 11 heteroatoms. The van der Waals surface area contributed by atoms with Gasteiger partial charge in [-0.05, 0) is 12.8 Å². The lowest BCUT2D eigenvalue weighted by Crippen LogP contribution is -2.60. The van der Waals surface area contributed by atoms with E-state index in [4.69, 9.17) is 9.47 Å². The number of rotatable bonds is 68. The fourth-order valence-corrected chi connectivity index (χ4v) is 12.9. The van der Waals surface area contributed by atoms with Gasteiger partial charge in [0.25, 0.3) is 0 Å². The summed E-state index contributed by atoms with van der Waals surface area (Å²) in [6.07, 6.45) is 66.4. The first-order valence-electron chi connectivity index (χ1n) is 37.9. The smallest absolute Gasteiger partial charge is 0.249 e. The van der Waals surface area contributed by atoms with Crippen LogP contribution >= 0.6 is 0 Å². The van der Waals surface area contributed by atoms with E-state index < -0.39 is 74.2 Å². The molecular formula is C74H147NO10. The monoisotopic (exact) mass is 1210 g/mol. The van der Waals surface area contributed by atoms with Gasteiger partial charge in [-0.2, -0.15) is 0 Å². The Labute approximate surface area is 526 Å². The average molecular weight is 1210 g/mol. The molecule has 1 aliphatic heterocycles. The van der Waals surface area contributed by atoms with E-state index in [-0.39, 0.29) is 6.42 Å². The summed E-state index contributed by atoms with van der Waals surface area (Å²) in [7, 11) is 0. The summed E-state index contributed by atoms with van der Waals surface area (Å²) in [5.74, 6) is -0.686. The summed E-state index contributed by atoms with van der Waals surface area (Å²) in [6, 6.07) is -1.16. The minimum atomic E-state index is -1.66. The molecule has 9 unspecified atom stereocenters. The predicted molar refractivity (Wildman–Crippen MR) is 358 cm³/mol. The first kappa shape index (κ1) is 82.1. The molecule has 11 nitrogen and oxygen atoms in total. The second-order valence-electron chi connectivity index (χ2n) is 27.1. The average Bonchev–Trinajstić information content (AvgIpc) is 3.71. The molecule has 0 saturated carbocycles. The number of amides is 1. The molecule has 9 atom stereocenters. The van der Waals surface area contributed by atoms with Crippen LogP contribution in [-0.4, -0.2) is 110 Å². The third-order valence-electron chi connectivity index (χ3n) is 18.9. The minimum absolute atomic E-state index is 0.268. The number of hydrogen-bond acceptors (Lipinski definition) is 10. The lowest BCUT2D eigenvalue weighted by Gasteiger charge is -2.40. The molecule has 1 fully saturated rings. The van der Waals surface area contributed by atoms with Crippen LogP contribution in [-0.2, 0) is 14.3 Å². The first-order chi connectivity index (χ1) is 41.7. The number of unbranched alkanes of at least 4 members (excludes halogenated alkanes) is 56. The summed E-state index contributed by atoms with van der Waals surface area (Å²) in [4.78, 5) is 13.3. The van der Waals surface area contributed by atoms with E-state index in [1.807, 2.05) is 0 Å². The van der Waals surface area contributed by atoms with E-state index in [2.05, 4.69) is 19.2 Å². The van der Waals surface area contributed by atoms with Gasteiger partial charge in [0.1, 0.15) is 36.6 Å². The molecule has 0 bridgehead atoms. The fourth-order valence-electron chi connectivity index (χ4n) is 12.9. The van der Waals surface area contributed by atoms with Crippen LogP contribution in [0.25, 0.3) is 0 Å². The number of hydrogen-bond donors (Lipinski definition) is 8. The van der Waals surface area contributed by atoms with E-state index in [1.165, 1.54) is 321 Å². The third kappa shape index (κ3) is 50.4. The molecule has 8 N–H and O–H groups in total. The highest BCUT2D eigenvalue weighted by atomic mass is 16.7. The zero-order valence-corrected chi connectivity index (χ0v) is 56.4. The van der Waals surface area contributed by atoms with Crippen LogP contribution in [0.5, 0.6) is 0 Å². The molecule has 1 heterocycles. The maximum atomic E-state index is 13.3. The van der Waals surface area contributed by atoms with Crippen LogP contribution in [0.4, 0.5) is 0 Å². The molecule has 508 valence electrons. The van der Waals surface area contributed by atoms with Crippen LogP contribution in [0.3, 0.4) is 0 Å². The number of aliphatic hydroxyl groups is 7. The number of aliphatic hydroxyl groups excluding tert-OH is 7. The van der Waals surface area contributed by atoms with Crippen LogP contribution in [0.15, 0.2) is 0 Å². The second-order valence-corrected chi connectivity index (χ2v) is 27.1.